The van der Waals surface area contributed by atoms with Crippen LogP contribution in [0.2, 0.25) is 0 Å². The zero-order valence-electron chi connectivity index (χ0n) is 13.9. The van der Waals surface area contributed by atoms with Crippen molar-refractivity contribution in [2.75, 3.05) is 31.6 Å². The molecule has 0 aromatic carbocycles. The minimum absolute atomic E-state index is 0.0925. The Kier molecular flexibility index (Phi) is 4.85. The van der Waals surface area contributed by atoms with Crippen molar-refractivity contribution in [2.24, 2.45) is 11.3 Å². The first-order chi connectivity index (χ1) is 11.1. The van der Waals surface area contributed by atoms with Gasteiger partial charge in [-0.15, -0.1) is 0 Å². The number of nitrogens with one attached hydrogen (secondary N) is 1. The van der Waals surface area contributed by atoms with Crippen LogP contribution in [-0.2, 0) is 0 Å². The molecule has 23 heavy (non-hydrogen) atoms. The molecule has 3 rings (SSSR count). The molecule has 0 atom stereocenters. The predicted octanol–water partition coefficient (Wildman–Crippen LogP) is 2.53. The van der Waals surface area contributed by atoms with Gasteiger partial charge in [0.1, 0.15) is 5.82 Å². The summed E-state index contributed by atoms with van der Waals surface area (Å²) < 4.78 is 0. The lowest BCUT2D eigenvalue weighted by atomic mass is 9.99. The normalized spacial score (nSPS) is 20.3. The first-order valence-electron chi connectivity index (χ1n) is 8.72. The van der Waals surface area contributed by atoms with E-state index in [2.05, 4.69) is 17.2 Å². The number of carbonyl (C=O) groups excluding carboxylic acids is 1. The molecule has 0 radical (unpaired) electrons. The second-order valence-corrected chi connectivity index (χ2v) is 7.23. The summed E-state index contributed by atoms with van der Waals surface area (Å²) >= 11 is 0. The second kappa shape index (κ2) is 6.87. The molecule has 1 aromatic heterocycles. The SMILES string of the molecule is CC1CCN(C(=O)c2ccc(NCC3(CCO)CC3)nc2)CC1. The smallest absolute Gasteiger partial charge is 0.255 e. The first kappa shape index (κ1) is 16.2. The standard InChI is InChI=1S/C18H27N3O2/c1-14-4-9-21(10-5-14)17(23)15-2-3-16(19-12-15)20-13-18(6-7-18)8-11-22/h2-3,12,14,22H,4-11,13H2,1H3,(H,19,20). The van der Waals surface area contributed by atoms with Crippen LogP contribution in [0.4, 0.5) is 5.82 Å². The quantitative estimate of drug-likeness (QED) is 0.846. The Morgan fingerprint density at radius 1 is 1.39 bits per heavy atom. The average Bonchev–Trinajstić information content (AvgIpc) is 3.34. The number of aliphatic hydroxyl groups excluding tert-OH is 1. The summed E-state index contributed by atoms with van der Waals surface area (Å²) in [6.45, 7) is 5.04. The van der Waals surface area contributed by atoms with Gasteiger partial charge in [0.25, 0.3) is 5.91 Å². The molecule has 126 valence electrons. The number of hydrogen-bond acceptors (Lipinski definition) is 4. The van der Waals surface area contributed by atoms with E-state index in [1.807, 2.05) is 17.0 Å². The summed E-state index contributed by atoms with van der Waals surface area (Å²) in [5.41, 5.74) is 0.927. The van der Waals surface area contributed by atoms with Gasteiger partial charge in [-0.3, -0.25) is 4.79 Å². The Bertz CT molecular complexity index is 532. The van der Waals surface area contributed by atoms with Gasteiger partial charge in [-0.1, -0.05) is 6.92 Å². The molecule has 1 aliphatic carbocycles. The Morgan fingerprint density at radius 3 is 2.70 bits per heavy atom. The fraction of sp³-hybridized carbons (Fsp3) is 0.667. The summed E-state index contributed by atoms with van der Waals surface area (Å²) in [6, 6.07) is 3.75. The average molecular weight is 317 g/mol. The van der Waals surface area contributed by atoms with Gasteiger partial charge in [0, 0.05) is 32.4 Å². The van der Waals surface area contributed by atoms with Gasteiger partial charge in [0.15, 0.2) is 0 Å². The molecular weight excluding hydrogens is 290 g/mol. The van der Waals surface area contributed by atoms with Gasteiger partial charge < -0.3 is 15.3 Å². The van der Waals surface area contributed by atoms with Gasteiger partial charge in [-0.05, 0) is 55.6 Å². The molecule has 5 nitrogen and oxygen atoms in total. The Hall–Kier alpha value is -1.62. The number of nitrogens with zero attached hydrogens (tertiary/aromatic N) is 2. The van der Waals surface area contributed by atoms with Crippen LogP contribution in [0.15, 0.2) is 18.3 Å². The van der Waals surface area contributed by atoms with Crippen molar-refractivity contribution in [3.8, 4) is 0 Å². The number of aromatic nitrogens is 1. The lowest BCUT2D eigenvalue weighted by molar-refractivity contribution is 0.0697. The molecule has 5 heteroatoms. The van der Waals surface area contributed by atoms with E-state index >= 15 is 0 Å². The Labute approximate surface area is 138 Å². The number of anilines is 1. The van der Waals surface area contributed by atoms with Crippen molar-refractivity contribution in [1.29, 1.82) is 0 Å². The van der Waals surface area contributed by atoms with Gasteiger partial charge in [-0.25, -0.2) is 4.98 Å². The molecule has 2 N–H and O–H groups in total. The number of carbonyl (C=O) groups is 1. The molecule has 2 fully saturated rings. The third kappa shape index (κ3) is 4.02. The van der Waals surface area contributed by atoms with Crippen molar-refractivity contribution in [3.05, 3.63) is 23.9 Å². The van der Waals surface area contributed by atoms with Crippen LogP contribution in [0.5, 0.6) is 0 Å². The number of hydrogen-bond donors (Lipinski definition) is 2. The van der Waals surface area contributed by atoms with Crippen LogP contribution in [0.1, 0.15) is 49.4 Å². The number of rotatable bonds is 6. The van der Waals surface area contributed by atoms with Gasteiger partial charge in [0.05, 0.1) is 5.56 Å². The highest BCUT2D eigenvalue weighted by molar-refractivity contribution is 5.94. The summed E-state index contributed by atoms with van der Waals surface area (Å²) in [4.78, 5) is 18.8. The summed E-state index contributed by atoms with van der Waals surface area (Å²) in [6.07, 6.45) is 7.05. The maximum atomic E-state index is 12.5. The maximum Gasteiger partial charge on any atom is 0.255 e. The highest BCUT2D eigenvalue weighted by atomic mass is 16.3. The Balaban J connectivity index is 1.53. The Morgan fingerprint density at radius 2 is 2.13 bits per heavy atom. The highest BCUT2D eigenvalue weighted by Gasteiger charge is 2.41. The summed E-state index contributed by atoms with van der Waals surface area (Å²) in [7, 11) is 0. The van der Waals surface area contributed by atoms with Crippen LogP contribution >= 0.6 is 0 Å². The number of amides is 1. The van der Waals surface area contributed by atoms with E-state index in [1.165, 1.54) is 12.8 Å². The van der Waals surface area contributed by atoms with E-state index in [0.717, 1.165) is 50.6 Å². The van der Waals surface area contributed by atoms with E-state index in [-0.39, 0.29) is 17.9 Å². The second-order valence-electron chi connectivity index (χ2n) is 7.23. The minimum atomic E-state index is 0.0925. The van der Waals surface area contributed by atoms with Crippen LogP contribution in [0, 0.1) is 11.3 Å². The van der Waals surface area contributed by atoms with E-state index in [4.69, 9.17) is 5.11 Å². The predicted molar refractivity (Wildman–Crippen MR) is 90.4 cm³/mol. The number of aliphatic hydroxyl groups is 1. The van der Waals surface area contributed by atoms with Crippen molar-refractivity contribution in [1.82, 2.24) is 9.88 Å². The van der Waals surface area contributed by atoms with Gasteiger partial charge in [0.2, 0.25) is 0 Å². The minimum Gasteiger partial charge on any atom is -0.396 e. The van der Waals surface area contributed by atoms with Crippen molar-refractivity contribution >= 4 is 11.7 Å². The first-order valence-corrected chi connectivity index (χ1v) is 8.72. The van der Waals surface area contributed by atoms with Crippen molar-refractivity contribution in [3.63, 3.8) is 0 Å². The molecule has 0 spiro atoms. The van der Waals surface area contributed by atoms with E-state index in [9.17, 15) is 4.79 Å². The third-order valence-corrected chi connectivity index (χ3v) is 5.33. The highest BCUT2D eigenvalue weighted by Crippen LogP contribution is 2.48. The van der Waals surface area contributed by atoms with Gasteiger partial charge >= 0.3 is 0 Å². The van der Waals surface area contributed by atoms with Crippen LogP contribution in [0.3, 0.4) is 0 Å². The maximum absolute atomic E-state index is 12.5. The fourth-order valence-electron chi connectivity index (χ4n) is 3.23. The molecule has 1 saturated heterocycles. The topological polar surface area (TPSA) is 65.5 Å². The summed E-state index contributed by atoms with van der Waals surface area (Å²) in [5, 5.41) is 12.4. The van der Waals surface area contributed by atoms with E-state index in [0.29, 0.717) is 5.56 Å². The summed E-state index contributed by atoms with van der Waals surface area (Å²) in [5.74, 6) is 1.62. The zero-order valence-corrected chi connectivity index (χ0v) is 13.9. The number of pyridine rings is 1. The molecule has 2 heterocycles. The van der Waals surface area contributed by atoms with E-state index in [1.54, 1.807) is 6.20 Å². The molecule has 1 aromatic rings. The lowest BCUT2D eigenvalue weighted by Crippen LogP contribution is -2.37. The monoisotopic (exact) mass is 317 g/mol. The third-order valence-electron chi connectivity index (χ3n) is 5.33. The molecular formula is C18H27N3O2. The number of piperidine rings is 1. The molecule has 2 aliphatic rings. The lowest BCUT2D eigenvalue weighted by Gasteiger charge is -2.30. The fourth-order valence-corrected chi connectivity index (χ4v) is 3.23. The largest absolute Gasteiger partial charge is 0.396 e. The molecule has 0 bridgehead atoms. The van der Waals surface area contributed by atoms with Gasteiger partial charge in [-0.2, -0.15) is 0 Å². The van der Waals surface area contributed by atoms with E-state index < -0.39 is 0 Å². The van der Waals surface area contributed by atoms with Crippen LogP contribution < -0.4 is 5.32 Å². The number of likely N-dealkylation sites (tertiary alicyclic amines) is 1. The molecule has 0 unspecified atom stereocenters. The van der Waals surface area contributed by atoms with Crippen molar-refractivity contribution in [2.45, 2.75) is 39.0 Å². The molecule has 1 saturated carbocycles. The van der Waals surface area contributed by atoms with Crippen LogP contribution in [-0.4, -0.2) is 47.1 Å². The zero-order chi connectivity index (χ0) is 16.3. The molecule has 1 amide bonds. The van der Waals surface area contributed by atoms with Crippen LogP contribution in [0.25, 0.3) is 0 Å². The van der Waals surface area contributed by atoms with Crippen molar-refractivity contribution < 1.29 is 9.90 Å². The molecule has 1 aliphatic heterocycles.